The Morgan fingerprint density at radius 3 is 2.71 bits per heavy atom. The number of carbonyl (C=O) groups excluding carboxylic acids is 1. The SMILES string of the molecule is CCOC(=O)C(C#N)CC(O)COCCOC. The van der Waals surface area contributed by atoms with Crippen molar-refractivity contribution in [2.45, 2.75) is 19.4 Å². The Bertz CT molecular complexity index is 251. The Balaban J connectivity index is 3.86. The Kier molecular flexibility index (Phi) is 9.34. The number of hydrogen-bond acceptors (Lipinski definition) is 6. The molecule has 0 radical (unpaired) electrons. The van der Waals surface area contributed by atoms with Crippen molar-refractivity contribution in [3.8, 4) is 6.07 Å². The van der Waals surface area contributed by atoms with Crippen LogP contribution < -0.4 is 0 Å². The van der Waals surface area contributed by atoms with Crippen LogP contribution in [0.1, 0.15) is 13.3 Å². The van der Waals surface area contributed by atoms with Gasteiger partial charge < -0.3 is 19.3 Å². The Morgan fingerprint density at radius 2 is 2.18 bits per heavy atom. The summed E-state index contributed by atoms with van der Waals surface area (Å²) in [4.78, 5) is 11.3. The number of rotatable bonds is 9. The standard InChI is InChI=1S/C11H19NO5/c1-3-17-11(14)9(7-12)6-10(13)8-16-5-4-15-2/h9-10,13H,3-6,8H2,1-2H3. The van der Waals surface area contributed by atoms with Gasteiger partial charge in [0.1, 0.15) is 5.92 Å². The number of esters is 1. The monoisotopic (exact) mass is 245 g/mol. The summed E-state index contributed by atoms with van der Waals surface area (Å²) in [7, 11) is 1.55. The zero-order chi connectivity index (χ0) is 13.1. The second kappa shape index (κ2) is 10.0. The van der Waals surface area contributed by atoms with E-state index in [1.807, 2.05) is 0 Å². The van der Waals surface area contributed by atoms with Crippen molar-refractivity contribution >= 4 is 5.97 Å². The average molecular weight is 245 g/mol. The minimum absolute atomic E-state index is 0.0162. The second-order valence-electron chi connectivity index (χ2n) is 3.39. The highest BCUT2D eigenvalue weighted by atomic mass is 16.5. The fourth-order valence-electron chi connectivity index (χ4n) is 1.15. The number of aliphatic hydroxyl groups is 1. The predicted molar refractivity (Wildman–Crippen MR) is 59.1 cm³/mol. The molecule has 0 heterocycles. The van der Waals surface area contributed by atoms with Gasteiger partial charge in [0.25, 0.3) is 0 Å². The van der Waals surface area contributed by atoms with Gasteiger partial charge in [0, 0.05) is 13.5 Å². The van der Waals surface area contributed by atoms with E-state index in [0.717, 1.165) is 0 Å². The molecule has 1 N–H and O–H groups in total. The van der Waals surface area contributed by atoms with E-state index in [9.17, 15) is 9.90 Å². The highest BCUT2D eigenvalue weighted by molar-refractivity contribution is 5.75. The van der Waals surface area contributed by atoms with Gasteiger partial charge in [-0.15, -0.1) is 0 Å². The van der Waals surface area contributed by atoms with Gasteiger partial charge in [-0.3, -0.25) is 4.79 Å². The Labute approximate surface area is 101 Å². The quantitative estimate of drug-likeness (QED) is 0.458. The number of nitrogens with zero attached hydrogens (tertiary/aromatic N) is 1. The molecule has 0 aromatic rings. The molecule has 0 fully saturated rings. The van der Waals surface area contributed by atoms with Gasteiger partial charge >= 0.3 is 5.97 Å². The fraction of sp³-hybridized carbons (Fsp3) is 0.818. The van der Waals surface area contributed by atoms with E-state index in [4.69, 9.17) is 19.5 Å². The molecule has 0 spiro atoms. The molecule has 0 aliphatic rings. The zero-order valence-corrected chi connectivity index (χ0v) is 10.2. The number of hydrogen-bond donors (Lipinski definition) is 1. The summed E-state index contributed by atoms with van der Waals surface area (Å²) >= 11 is 0. The molecule has 0 aliphatic heterocycles. The summed E-state index contributed by atoms with van der Waals surface area (Å²) in [6, 6.07) is 1.80. The topological polar surface area (TPSA) is 88.8 Å². The van der Waals surface area contributed by atoms with Crippen molar-refractivity contribution in [2.75, 3.05) is 33.5 Å². The number of nitriles is 1. The molecule has 0 aromatic carbocycles. The third-order valence-electron chi connectivity index (χ3n) is 1.98. The fourth-order valence-corrected chi connectivity index (χ4v) is 1.15. The first-order valence-electron chi connectivity index (χ1n) is 5.46. The van der Waals surface area contributed by atoms with Crippen molar-refractivity contribution in [1.29, 1.82) is 5.26 Å². The van der Waals surface area contributed by atoms with E-state index >= 15 is 0 Å². The van der Waals surface area contributed by atoms with Crippen molar-refractivity contribution in [3.05, 3.63) is 0 Å². The maximum Gasteiger partial charge on any atom is 0.323 e. The molecule has 98 valence electrons. The third kappa shape index (κ3) is 7.69. The first-order valence-corrected chi connectivity index (χ1v) is 5.46. The maximum absolute atomic E-state index is 11.3. The van der Waals surface area contributed by atoms with Crippen molar-refractivity contribution in [1.82, 2.24) is 0 Å². The van der Waals surface area contributed by atoms with E-state index in [0.29, 0.717) is 13.2 Å². The largest absolute Gasteiger partial charge is 0.465 e. The van der Waals surface area contributed by atoms with Crippen LogP contribution >= 0.6 is 0 Å². The first-order chi connectivity index (χ1) is 8.15. The van der Waals surface area contributed by atoms with Gasteiger partial charge in [-0.2, -0.15) is 5.26 Å². The molecule has 0 saturated heterocycles. The molecule has 6 nitrogen and oxygen atoms in total. The lowest BCUT2D eigenvalue weighted by Crippen LogP contribution is -2.25. The molecule has 17 heavy (non-hydrogen) atoms. The predicted octanol–water partition coefficient (Wildman–Crippen LogP) is 0.103. The molecule has 2 atom stereocenters. The Morgan fingerprint density at radius 1 is 1.47 bits per heavy atom. The van der Waals surface area contributed by atoms with Crippen LogP contribution in [0.3, 0.4) is 0 Å². The van der Waals surface area contributed by atoms with Crippen LogP contribution in [0, 0.1) is 17.2 Å². The van der Waals surface area contributed by atoms with Gasteiger partial charge in [0.05, 0.1) is 38.6 Å². The van der Waals surface area contributed by atoms with Gasteiger partial charge in [-0.1, -0.05) is 0 Å². The molecule has 0 aromatic heterocycles. The number of aliphatic hydroxyl groups excluding tert-OH is 1. The van der Waals surface area contributed by atoms with Crippen LogP contribution in [0.5, 0.6) is 0 Å². The first kappa shape index (κ1) is 15.8. The summed E-state index contributed by atoms with van der Waals surface area (Å²) in [5, 5.41) is 18.3. The lowest BCUT2D eigenvalue weighted by atomic mass is 10.0. The lowest BCUT2D eigenvalue weighted by Gasteiger charge is -2.13. The number of methoxy groups -OCH3 is 1. The van der Waals surface area contributed by atoms with E-state index in [-0.39, 0.29) is 19.6 Å². The van der Waals surface area contributed by atoms with Crippen LogP contribution in [-0.2, 0) is 19.0 Å². The Hall–Kier alpha value is -1.16. The second-order valence-corrected chi connectivity index (χ2v) is 3.39. The van der Waals surface area contributed by atoms with Crippen molar-refractivity contribution < 1.29 is 24.1 Å². The normalized spacial score (nSPS) is 13.8. The zero-order valence-electron chi connectivity index (χ0n) is 10.2. The minimum atomic E-state index is -0.948. The van der Waals surface area contributed by atoms with Crippen LogP contribution in [0.15, 0.2) is 0 Å². The summed E-state index contributed by atoms with van der Waals surface area (Å²) in [5.74, 6) is -1.55. The summed E-state index contributed by atoms with van der Waals surface area (Å²) in [6.07, 6.45) is -0.844. The molecular formula is C11H19NO5. The van der Waals surface area contributed by atoms with Crippen LogP contribution in [0.25, 0.3) is 0 Å². The highest BCUT2D eigenvalue weighted by Crippen LogP contribution is 2.08. The molecule has 2 unspecified atom stereocenters. The highest BCUT2D eigenvalue weighted by Gasteiger charge is 2.22. The van der Waals surface area contributed by atoms with E-state index < -0.39 is 18.0 Å². The molecule has 0 saturated carbocycles. The van der Waals surface area contributed by atoms with E-state index in [1.54, 1.807) is 20.1 Å². The number of carbonyl (C=O) groups is 1. The summed E-state index contributed by atoms with van der Waals surface area (Å²) in [5.41, 5.74) is 0. The van der Waals surface area contributed by atoms with Gasteiger partial charge in [0.15, 0.2) is 0 Å². The smallest absolute Gasteiger partial charge is 0.323 e. The molecular weight excluding hydrogens is 226 g/mol. The summed E-state index contributed by atoms with van der Waals surface area (Å²) in [6.45, 7) is 2.76. The lowest BCUT2D eigenvalue weighted by molar-refractivity contribution is -0.147. The number of ether oxygens (including phenoxy) is 3. The maximum atomic E-state index is 11.3. The van der Waals surface area contributed by atoms with Crippen LogP contribution in [-0.4, -0.2) is 50.7 Å². The molecule has 0 rings (SSSR count). The van der Waals surface area contributed by atoms with Crippen molar-refractivity contribution in [2.24, 2.45) is 5.92 Å². The van der Waals surface area contributed by atoms with Gasteiger partial charge in [-0.05, 0) is 6.92 Å². The van der Waals surface area contributed by atoms with E-state index in [1.165, 1.54) is 0 Å². The average Bonchev–Trinajstić information content (AvgIpc) is 2.32. The summed E-state index contributed by atoms with van der Waals surface area (Å²) < 4.78 is 14.6. The van der Waals surface area contributed by atoms with Gasteiger partial charge in [-0.25, -0.2) is 0 Å². The van der Waals surface area contributed by atoms with Crippen LogP contribution in [0.2, 0.25) is 0 Å². The van der Waals surface area contributed by atoms with Gasteiger partial charge in [0.2, 0.25) is 0 Å². The minimum Gasteiger partial charge on any atom is -0.465 e. The van der Waals surface area contributed by atoms with Crippen molar-refractivity contribution in [3.63, 3.8) is 0 Å². The van der Waals surface area contributed by atoms with E-state index in [2.05, 4.69) is 0 Å². The molecule has 0 bridgehead atoms. The molecule has 0 amide bonds. The molecule has 6 heteroatoms. The molecule has 0 aliphatic carbocycles. The van der Waals surface area contributed by atoms with Crippen LogP contribution in [0.4, 0.5) is 0 Å². The third-order valence-corrected chi connectivity index (χ3v) is 1.98.